The maximum absolute atomic E-state index is 14.0. The summed E-state index contributed by atoms with van der Waals surface area (Å²) >= 11 is 0. The van der Waals surface area contributed by atoms with Crippen molar-refractivity contribution in [2.24, 2.45) is 5.92 Å². The SMILES string of the molecule is CNCC(=O)NCCCCc1ncc(-c2ccc3nc(-c4ccc5nc(C6CCCN6C(=O)C(NC(=O)OC)C6CCOCC6)[nH]c5c4)ccc3c2)[nH]1. The molecule has 5 aromatic rings. The van der Waals surface area contributed by atoms with Crippen molar-refractivity contribution in [1.82, 2.24) is 45.8 Å². The van der Waals surface area contributed by atoms with Crippen molar-refractivity contribution in [3.63, 3.8) is 0 Å². The van der Waals surface area contributed by atoms with Gasteiger partial charge in [-0.25, -0.2) is 19.7 Å². The van der Waals surface area contributed by atoms with Crippen LogP contribution in [0.4, 0.5) is 4.79 Å². The van der Waals surface area contributed by atoms with Crippen molar-refractivity contribution < 1.29 is 23.9 Å². The summed E-state index contributed by atoms with van der Waals surface area (Å²) in [5.41, 5.74) is 6.37. The van der Waals surface area contributed by atoms with Crippen LogP contribution in [0.2, 0.25) is 0 Å². The highest BCUT2D eigenvalue weighted by Crippen LogP contribution is 2.35. The molecule has 7 rings (SSSR count). The van der Waals surface area contributed by atoms with E-state index in [2.05, 4.69) is 55.2 Å². The Bertz CT molecular complexity index is 2070. The van der Waals surface area contributed by atoms with Crippen LogP contribution >= 0.6 is 0 Å². The summed E-state index contributed by atoms with van der Waals surface area (Å²) in [6, 6.07) is 15.5. The molecule has 14 heteroatoms. The second-order valence-corrected chi connectivity index (χ2v) is 13.8. The first-order valence-corrected chi connectivity index (χ1v) is 18.5. The van der Waals surface area contributed by atoms with E-state index in [-0.39, 0.29) is 23.8 Å². The highest BCUT2D eigenvalue weighted by molar-refractivity contribution is 5.88. The predicted octanol–water partition coefficient (Wildman–Crippen LogP) is 4.64. The number of pyridine rings is 1. The highest BCUT2D eigenvalue weighted by Gasteiger charge is 2.40. The first-order valence-electron chi connectivity index (χ1n) is 18.5. The van der Waals surface area contributed by atoms with Crippen LogP contribution in [0.15, 0.2) is 54.7 Å². The van der Waals surface area contributed by atoms with Gasteiger partial charge in [0.2, 0.25) is 11.8 Å². The molecule has 5 N–H and O–H groups in total. The Balaban J connectivity index is 1.03. The van der Waals surface area contributed by atoms with Crippen molar-refractivity contribution in [1.29, 1.82) is 0 Å². The highest BCUT2D eigenvalue weighted by atomic mass is 16.5. The molecule has 0 saturated carbocycles. The Morgan fingerprint density at radius 3 is 2.64 bits per heavy atom. The van der Waals surface area contributed by atoms with Crippen LogP contribution in [0, 0.1) is 5.92 Å². The lowest BCUT2D eigenvalue weighted by Gasteiger charge is -2.34. The van der Waals surface area contributed by atoms with Crippen molar-refractivity contribution in [3.8, 4) is 22.5 Å². The zero-order valence-electron chi connectivity index (χ0n) is 30.2. The molecule has 3 aromatic heterocycles. The Kier molecular flexibility index (Phi) is 11.3. The largest absolute Gasteiger partial charge is 0.453 e. The summed E-state index contributed by atoms with van der Waals surface area (Å²) in [6.45, 7) is 2.71. The Labute approximate surface area is 307 Å². The molecule has 53 heavy (non-hydrogen) atoms. The molecule has 5 heterocycles. The lowest BCUT2D eigenvalue weighted by molar-refractivity contribution is -0.136. The molecular formula is C39H47N9O5. The number of nitrogens with zero attached hydrogens (tertiary/aromatic N) is 4. The molecule has 278 valence electrons. The van der Waals surface area contributed by atoms with Gasteiger partial charge in [-0.2, -0.15) is 0 Å². The Morgan fingerprint density at radius 1 is 0.981 bits per heavy atom. The molecule has 3 amide bonds. The van der Waals surface area contributed by atoms with Crippen LogP contribution < -0.4 is 16.0 Å². The van der Waals surface area contributed by atoms with Gasteiger partial charge < -0.3 is 40.3 Å². The molecule has 2 aliphatic rings. The number of fused-ring (bicyclic) bond motifs is 2. The van der Waals surface area contributed by atoms with Gasteiger partial charge in [0, 0.05) is 49.2 Å². The standard InChI is InChI=1S/C39H47N9O5/c1-40-23-35(49)41-16-4-3-7-34-42-22-32(44-34)26-9-12-28-25(20-26)8-11-29(43-28)27-10-13-30-31(21-27)46-37(45-30)33-6-5-17-48(33)38(50)36(47-39(51)52-2)24-14-18-53-19-15-24/h8-13,20-22,24,33,36,40H,3-7,14-19,23H2,1-2H3,(H,41,49)(H,42,44)(H,45,46)(H,47,51). The number of benzene rings is 2. The van der Waals surface area contributed by atoms with Crippen LogP contribution in [0.5, 0.6) is 0 Å². The number of aromatic amines is 2. The van der Waals surface area contributed by atoms with Crippen molar-refractivity contribution in [2.45, 2.75) is 57.0 Å². The summed E-state index contributed by atoms with van der Waals surface area (Å²) in [4.78, 5) is 61.1. The fourth-order valence-electron chi connectivity index (χ4n) is 7.41. The van der Waals surface area contributed by atoms with E-state index in [4.69, 9.17) is 19.4 Å². The topological polar surface area (TPSA) is 179 Å². The summed E-state index contributed by atoms with van der Waals surface area (Å²) < 4.78 is 10.4. The van der Waals surface area contributed by atoms with E-state index in [1.165, 1.54) is 7.11 Å². The third-order valence-corrected chi connectivity index (χ3v) is 10.2. The van der Waals surface area contributed by atoms with E-state index >= 15 is 0 Å². The average Bonchev–Trinajstić information content (AvgIpc) is 3.96. The van der Waals surface area contributed by atoms with Gasteiger partial charge in [-0.05, 0) is 81.8 Å². The van der Waals surface area contributed by atoms with Crippen LogP contribution in [0.1, 0.15) is 56.2 Å². The molecule has 14 nitrogen and oxygen atoms in total. The van der Waals surface area contributed by atoms with E-state index in [1.807, 2.05) is 35.4 Å². The maximum Gasteiger partial charge on any atom is 0.407 e. The molecule has 0 spiro atoms. The van der Waals surface area contributed by atoms with Gasteiger partial charge >= 0.3 is 6.09 Å². The molecule has 2 fully saturated rings. The molecule has 2 unspecified atom stereocenters. The monoisotopic (exact) mass is 721 g/mol. The normalized spacial score (nSPS) is 16.9. The quantitative estimate of drug-likeness (QED) is 0.108. The number of methoxy groups -OCH3 is 1. The number of imidazole rings is 2. The maximum atomic E-state index is 14.0. The minimum atomic E-state index is -0.680. The van der Waals surface area contributed by atoms with Gasteiger partial charge in [0.1, 0.15) is 17.7 Å². The van der Waals surface area contributed by atoms with Gasteiger partial charge in [0.05, 0.1) is 53.8 Å². The Hall–Kier alpha value is -5.34. The molecule has 0 aliphatic carbocycles. The molecule has 2 atom stereocenters. The van der Waals surface area contributed by atoms with Gasteiger partial charge in [-0.1, -0.05) is 18.2 Å². The van der Waals surface area contributed by atoms with Crippen LogP contribution in [-0.4, -0.2) is 101 Å². The number of likely N-dealkylation sites (N-methyl/N-ethyl adjacent to an activating group) is 1. The van der Waals surface area contributed by atoms with Gasteiger partial charge in [-0.15, -0.1) is 0 Å². The number of aromatic nitrogens is 5. The lowest BCUT2D eigenvalue weighted by atomic mass is 9.90. The van der Waals surface area contributed by atoms with Crippen LogP contribution in [0.3, 0.4) is 0 Å². The number of aryl methyl sites for hydroxylation is 1. The number of ether oxygens (including phenoxy) is 2. The summed E-state index contributed by atoms with van der Waals surface area (Å²) in [7, 11) is 3.07. The van der Waals surface area contributed by atoms with Crippen molar-refractivity contribution >= 4 is 39.8 Å². The average molecular weight is 722 g/mol. The molecule has 2 saturated heterocycles. The number of rotatable bonds is 13. The van der Waals surface area contributed by atoms with Gasteiger partial charge in [0.15, 0.2) is 0 Å². The first-order chi connectivity index (χ1) is 25.9. The fraction of sp³-hybridized carbons (Fsp3) is 0.436. The van der Waals surface area contributed by atoms with Crippen LogP contribution in [0.25, 0.3) is 44.5 Å². The molecule has 0 bridgehead atoms. The Morgan fingerprint density at radius 2 is 1.81 bits per heavy atom. The van der Waals surface area contributed by atoms with Crippen molar-refractivity contribution in [2.75, 3.05) is 47.0 Å². The van der Waals surface area contributed by atoms with Gasteiger partial charge in [-0.3, -0.25) is 9.59 Å². The summed E-state index contributed by atoms with van der Waals surface area (Å²) in [5, 5.41) is 9.59. The molecule has 0 radical (unpaired) electrons. The number of H-pyrrole nitrogens is 2. The second-order valence-electron chi connectivity index (χ2n) is 13.8. The minimum Gasteiger partial charge on any atom is -0.453 e. The number of carbonyl (C=O) groups is 3. The smallest absolute Gasteiger partial charge is 0.407 e. The summed E-state index contributed by atoms with van der Waals surface area (Å²) in [5.74, 6) is 1.54. The minimum absolute atomic E-state index is 0.00814. The number of nitrogens with one attached hydrogen (secondary N) is 5. The molecule has 2 aliphatic heterocycles. The van der Waals surface area contributed by atoms with Crippen LogP contribution in [-0.2, 0) is 25.5 Å². The number of carbonyl (C=O) groups excluding carboxylic acids is 3. The summed E-state index contributed by atoms with van der Waals surface area (Å²) in [6.07, 6.45) is 6.91. The van der Waals surface area contributed by atoms with E-state index in [9.17, 15) is 14.4 Å². The number of alkyl carbamates (subject to hydrolysis) is 1. The number of hydrogen-bond acceptors (Lipinski definition) is 9. The van der Waals surface area contributed by atoms with Gasteiger partial charge in [0.25, 0.3) is 0 Å². The van der Waals surface area contributed by atoms with E-state index in [0.29, 0.717) is 45.7 Å². The van der Waals surface area contributed by atoms with E-state index in [0.717, 1.165) is 88.2 Å². The number of likely N-dealkylation sites (tertiary alicyclic amines) is 1. The second kappa shape index (κ2) is 16.6. The lowest BCUT2D eigenvalue weighted by Crippen LogP contribution is -2.53. The predicted molar refractivity (Wildman–Crippen MR) is 201 cm³/mol. The molecular weight excluding hydrogens is 674 g/mol. The van der Waals surface area contributed by atoms with Crippen molar-refractivity contribution in [3.05, 3.63) is 66.4 Å². The third kappa shape index (κ3) is 8.34. The number of amides is 3. The zero-order chi connectivity index (χ0) is 36.7. The zero-order valence-corrected chi connectivity index (χ0v) is 30.2. The third-order valence-electron chi connectivity index (χ3n) is 10.2. The van der Waals surface area contributed by atoms with E-state index < -0.39 is 12.1 Å². The first kappa shape index (κ1) is 36.0. The number of hydrogen-bond donors (Lipinski definition) is 5. The fourth-order valence-corrected chi connectivity index (χ4v) is 7.41. The van der Waals surface area contributed by atoms with E-state index in [1.54, 1.807) is 7.05 Å². The number of unbranched alkanes of at least 4 members (excludes halogenated alkanes) is 1. The molecule has 2 aromatic carbocycles.